The number of hydrogen-bond donors (Lipinski definition) is 2. The Kier molecular flexibility index (Phi) is 7.35. The molecule has 1 aromatic rings. The fourth-order valence-electron chi connectivity index (χ4n) is 1.91. The number of ether oxygens (including phenoxy) is 1. The Balaban J connectivity index is 2.77. The Bertz CT molecular complexity index is 405. The molecule has 0 saturated carbocycles. The third-order valence-corrected chi connectivity index (χ3v) is 3.89. The summed E-state index contributed by atoms with van der Waals surface area (Å²) in [5, 5.41) is 14.2. The van der Waals surface area contributed by atoms with Gasteiger partial charge in [-0.3, -0.25) is 0 Å². The molecule has 114 valence electrons. The minimum atomic E-state index is -0.784. The highest BCUT2D eigenvalue weighted by Crippen LogP contribution is 2.30. The van der Waals surface area contributed by atoms with E-state index in [1.165, 1.54) is 0 Å². The number of aliphatic hydroxyl groups is 1. The second kappa shape index (κ2) is 8.50. The number of hydrogen-bond acceptors (Lipinski definition) is 3. The smallest absolute Gasteiger partial charge is 0.142 e. The van der Waals surface area contributed by atoms with Crippen LogP contribution in [0.5, 0.6) is 5.75 Å². The van der Waals surface area contributed by atoms with Gasteiger partial charge in [0.05, 0.1) is 10.6 Å². The van der Waals surface area contributed by atoms with Gasteiger partial charge in [0.1, 0.15) is 12.4 Å². The van der Waals surface area contributed by atoms with E-state index in [9.17, 15) is 5.11 Å². The number of rotatable bonds is 9. The molecule has 1 aromatic carbocycles. The molecule has 0 heterocycles. The number of nitrogens with one attached hydrogen (secondary N) is 1. The number of benzene rings is 1. The minimum absolute atomic E-state index is 0.268. The van der Waals surface area contributed by atoms with Crippen molar-refractivity contribution in [1.82, 2.24) is 5.32 Å². The van der Waals surface area contributed by atoms with Crippen LogP contribution in [-0.4, -0.2) is 23.9 Å². The van der Waals surface area contributed by atoms with Gasteiger partial charge in [0.15, 0.2) is 0 Å². The zero-order valence-corrected chi connectivity index (χ0v) is 13.5. The molecule has 0 aliphatic rings. The van der Waals surface area contributed by atoms with Crippen molar-refractivity contribution >= 4 is 11.6 Å². The molecule has 0 atom stereocenters. The van der Waals surface area contributed by atoms with Crippen molar-refractivity contribution in [2.75, 3.05) is 13.2 Å². The molecule has 0 aromatic heterocycles. The molecule has 0 unspecified atom stereocenters. The van der Waals surface area contributed by atoms with Gasteiger partial charge in [-0.25, -0.2) is 0 Å². The number of halogens is 1. The average molecular weight is 300 g/mol. The topological polar surface area (TPSA) is 41.5 Å². The first-order valence-corrected chi connectivity index (χ1v) is 7.77. The van der Waals surface area contributed by atoms with Gasteiger partial charge in [0.25, 0.3) is 0 Å². The van der Waals surface area contributed by atoms with Crippen molar-refractivity contribution in [2.45, 2.75) is 52.2 Å². The maximum Gasteiger partial charge on any atom is 0.142 e. The van der Waals surface area contributed by atoms with E-state index < -0.39 is 5.60 Å². The molecule has 0 spiro atoms. The monoisotopic (exact) mass is 299 g/mol. The van der Waals surface area contributed by atoms with Crippen molar-refractivity contribution in [2.24, 2.45) is 0 Å². The summed E-state index contributed by atoms with van der Waals surface area (Å²) < 4.78 is 5.82. The van der Waals surface area contributed by atoms with Crippen LogP contribution in [0.3, 0.4) is 0 Å². The molecule has 0 fully saturated rings. The average Bonchev–Trinajstić information content (AvgIpc) is 2.46. The molecule has 3 nitrogen and oxygen atoms in total. The van der Waals surface area contributed by atoms with Crippen molar-refractivity contribution in [3.8, 4) is 5.75 Å². The lowest BCUT2D eigenvalue weighted by Gasteiger charge is -2.26. The van der Waals surface area contributed by atoms with Gasteiger partial charge < -0.3 is 15.2 Å². The Morgan fingerprint density at radius 1 is 1.25 bits per heavy atom. The van der Waals surface area contributed by atoms with Crippen LogP contribution in [0.15, 0.2) is 18.2 Å². The van der Waals surface area contributed by atoms with Crippen molar-refractivity contribution < 1.29 is 9.84 Å². The highest BCUT2D eigenvalue weighted by atomic mass is 35.5. The molecular weight excluding hydrogens is 274 g/mol. The van der Waals surface area contributed by atoms with Crippen LogP contribution in [0.1, 0.15) is 45.6 Å². The Morgan fingerprint density at radius 3 is 2.55 bits per heavy atom. The van der Waals surface area contributed by atoms with Gasteiger partial charge in [0.2, 0.25) is 0 Å². The SMILES string of the molecule is CCCNCc1cccc(Cl)c1OCC(O)(CC)CC. The van der Waals surface area contributed by atoms with Gasteiger partial charge in [-0.05, 0) is 31.9 Å². The van der Waals surface area contributed by atoms with E-state index in [1.807, 2.05) is 32.0 Å². The summed E-state index contributed by atoms with van der Waals surface area (Å²) in [6, 6.07) is 5.74. The van der Waals surface area contributed by atoms with Crippen LogP contribution >= 0.6 is 11.6 Å². The first kappa shape index (κ1) is 17.3. The van der Waals surface area contributed by atoms with Crippen LogP contribution in [0.2, 0.25) is 5.02 Å². The molecule has 1 rings (SSSR count). The Hall–Kier alpha value is -0.770. The molecular formula is C16H26ClNO2. The van der Waals surface area contributed by atoms with Crippen LogP contribution in [0, 0.1) is 0 Å². The molecule has 0 bridgehead atoms. The maximum absolute atomic E-state index is 10.3. The van der Waals surface area contributed by atoms with Gasteiger partial charge in [-0.1, -0.05) is 44.5 Å². The van der Waals surface area contributed by atoms with E-state index in [1.54, 1.807) is 0 Å². The van der Waals surface area contributed by atoms with Crippen molar-refractivity contribution in [3.05, 3.63) is 28.8 Å². The first-order chi connectivity index (χ1) is 9.56. The summed E-state index contributed by atoms with van der Waals surface area (Å²) in [7, 11) is 0. The summed E-state index contributed by atoms with van der Waals surface area (Å²) in [6.07, 6.45) is 2.41. The van der Waals surface area contributed by atoms with Gasteiger partial charge >= 0.3 is 0 Å². The number of para-hydroxylation sites is 1. The van der Waals surface area contributed by atoms with E-state index in [4.69, 9.17) is 16.3 Å². The van der Waals surface area contributed by atoms with Gasteiger partial charge in [-0.2, -0.15) is 0 Å². The summed E-state index contributed by atoms with van der Waals surface area (Å²) in [6.45, 7) is 8.00. The minimum Gasteiger partial charge on any atom is -0.489 e. The van der Waals surface area contributed by atoms with Gasteiger partial charge in [-0.15, -0.1) is 0 Å². The summed E-state index contributed by atoms with van der Waals surface area (Å²) in [5.74, 6) is 0.679. The molecule has 20 heavy (non-hydrogen) atoms. The summed E-state index contributed by atoms with van der Waals surface area (Å²) in [5.41, 5.74) is 0.244. The lowest BCUT2D eigenvalue weighted by Crippen LogP contribution is -2.34. The fourth-order valence-corrected chi connectivity index (χ4v) is 2.16. The van der Waals surface area contributed by atoms with E-state index in [0.717, 1.165) is 25.1 Å². The molecule has 4 heteroatoms. The largest absolute Gasteiger partial charge is 0.489 e. The summed E-state index contributed by atoms with van der Waals surface area (Å²) in [4.78, 5) is 0. The second-order valence-electron chi connectivity index (χ2n) is 5.12. The van der Waals surface area contributed by atoms with Crippen LogP contribution in [0.25, 0.3) is 0 Å². The lowest BCUT2D eigenvalue weighted by molar-refractivity contribution is -0.0115. The Morgan fingerprint density at radius 2 is 1.95 bits per heavy atom. The predicted octanol–water partition coefficient (Wildman–Crippen LogP) is 3.77. The predicted molar refractivity (Wildman–Crippen MR) is 84.5 cm³/mol. The van der Waals surface area contributed by atoms with Crippen LogP contribution in [0.4, 0.5) is 0 Å². The van der Waals surface area contributed by atoms with Crippen LogP contribution < -0.4 is 10.1 Å². The Labute approximate surface area is 127 Å². The normalized spacial score (nSPS) is 11.7. The highest BCUT2D eigenvalue weighted by molar-refractivity contribution is 6.32. The standard InChI is InChI=1S/C16H26ClNO2/c1-4-10-18-11-13-8-7-9-14(17)15(13)20-12-16(19,5-2)6-3/h7-9,18-19H,4-6,10-12H2,1-3H3. The molecule has 2 N–H and O–H groups in total. The second-order valence-corrected chi connectivity index (χ2v) is 5.53. The summed E-state index contributed by atoms with van der Waals surface area (Å²) >= 11 is 6.22. The van der Waals surface area contributed by atoms with E-state index in [-0.39, 0.29) is 6.61 Å². The molecule has 0 amide bonds. The molecule has 0 aliphatic heterocycles. The zero-order chi connectivity index (χ0) is 15.0. The highest BCUT2D eigenvalue weighted by Gasteiger charge is 2.24. The van der Waals surface area contributed by atoms with E-state index in [2.05, 4.69) is 12.2 Å². The maximum atomic E-state index is 10.3. The van der Waals surface area contributed by atoms with Crippen LogP contribution in [-0.2, 0) is 6.54 Å². The quantitative estimate of drug-likeness (QED) is 0.682. The molecule has 0 radical (unpaired) electrons. The lowest BCUT2D eigenvalue weighted by atomic mass is 9.99. The van der Waals surface area contributed by atoms with Gasteiger partial charge in [0, 0.05) is 12.1 Å². The van der Waals surface area contributed by atoms with E-state index in [0.29, 0.717) is 23.6 Å². The van der Waals surface area contributed by atoms with Crippen molar-refractivity contribution in [1.29, 1.82) is 0 Å². The molecule has 0 saturated heterocycles. The third kappa shape index (κ3) is 4.97. The first-order valence-electron chi connectivity index (χ1n) is 7.39. The van der Waals surface area contributed by atoms with Crippen molar-refractivity contribution in [3.63, 3.8) is 0 Å². The molecule has 0 aliphatic carbocycles. The fraction of sp³-hybridized carbons (Fsp3) is 0.625. The third-order valence-electron chi connectivity index (χ3n) is 3.59. The zero-order valence-electron chi connectivity index (χ0n) is 12.7. The van der Waals surface area contributed by atoms with E-state index >= 15 is 0 Å².